The van der Waals surface area contributed by atoms with Crippen LogP contribution in [0.3, 0.4) is 0 Å². The first kappa shape index (κ1) is 19.0. The van der Waals surface area contributed by atoms with E-state index in [-0.39, 0.29) is 18.5 Å². The van der Waals surface area contributed by atoms with Crippen molar-refractivity contribution in [3.63, 3.8) is 0 Å². The van der Waals surface area contributed by atoms with Crippen LogP contribution < -0.4 is 5.32 Å². The Morgan fingerprint density at radius 1 is 1.19 bits per heavy atom. The average molecular weight is 385 g/mol. The Morgan fingerprint density at radius 2 is 1.96 bits per heavy atom. The number of aromatic nitrogens is 1. The van der Waals surface area contributed by atoms with Crippen LogP contribution in [0.4, 0.5) is 0 Å². The Morgan fingerprint density at radius 3 is 2.70 bits per heavy atom. The first-order chi connectivity index (χ1) is 13.0. The minimum atomic E-state index is -0.417. The number of esters is 1. The SMILES string of the molecule is COC(=O)c1cn(CC(=O)NC(C)Cc2cccc(Cl)c2)c2ccccc12. The molecule has 1 amide bonds. The lowest BCUT2D eigenvalue weighted by Crippen LogP contribution is -2.36. The highest BCUT2D eigenvalue weighted by Crippen LogP contribution is 2.22. The zero-order valence-electron chi connectivity index (χ0n) is 15.2. The van der Waals surface area contributed by atoms with E-state index in [1.54, 1.807) is 10.8 Å². The number of halogens is 1. The lowest BCUT2D eigenvalue weighted by Gasteiger charge is -2.15. The molecule has 2 aromatic carbocycles. The van der Waals surface area contributed by atoms with Crippen molar-refractivity contribution in [3.8, 4) is 0 Å². The Labute approximate surface area is 162 Å². The molecule has 0 saturated heterocycles. The molecule has 0 radical (unpaired) electrons. The van der Waals surface area contributed by atoms with E-state index in [9.17, 15) is 9.59 Å². The normalized spacial score (nSPS) is 12.0. The van der Waals surface area contributed by atoms with Gasteiger partial charge in [0.15, 0.2) is 0 Å². The third-order valence-electron chi connectivity index (χ3n) is 4.35. The third-order valence-corrected chi connectivity index (χ3v) is 4.58. The van der Waals surface area contributed by atoms with Crippen LogP contribution in [-0.2, 0) is 22.5 Å². The molecule has 0 aliphatic heterocycles. The van der Waals surface area contributed by atoms with Gasteiger partial charge in [-0.15, -0.1) is 0 Å². The van der Waals surface area contributed by atoms with Gasteiger partial charge >= 0.3 is 5.97 Å². The van der Waals surface area contributed by atoms with Crippen molar-refractivity contribution in [2.45, 2.75) is 25.9 Å². The monoisotopic (exact) mass is 384 g/mol. The van der Waals surface area contributed by atoms with Crippen LogP contribution in [0.25, 0.3) is 10.9 Å². The number of hydrogen-bond donors (Lipinski definition) is 1. The van der Waals surface area contributed by atoms with Crippen LogP contribution >= 0.6 is 11.6 Å². The molecule has 3 rings (SSSR count). The Bertz CT molecular complexity index is 980. The second kappa shape index (κ2) is 8.27. The average Bonchev–Trinajstić information content (AvgIpc) is 2.99. The van der Waals surface area contributed by atoms with Crippen LogP contribution in [0.15, 0.2) is 54.7 Å². The molecule has 1 N–H and O–H groups in total. The predicted octanol–water partition coefficient (Wildman–Crippen LogP) is 3.83. The molecule has 1 aromatic heterocycles. The summed E-state index contributed by atoms with van der Waals surface area (Å²) in [5, 5.41) is 4.44. The number of nitrogens with one attached hydrogen (secondary N) is 1. The minimum absolute atomic E-state index is 0.0436. The summed E-state index contributed by atoms with van der Waals surface area (Å²) in [6.45, 7) is 2.07. The van der Waals surface area contributed by atoms with Gasteiger partial charge < -0.3 is 14.6 Å². The Balaban J connectivity index is 1.71. The van der Waals surface area contributed by atoms with Gasteiger partial charge in [0.2, 0.25) is 5.91 Å². The highest BCUT2D eigenvalue weighted by molar-refractivity contribution is 6.30. The molecule has 0 spiro atoms. The Kier molecular flexibility index (Phi) is 5.81. The number of carbonyl (C=O) groups is 2. The number of rotatable bonds is 6. The van der Waals surface area contributed by atoms with Gasteiger partial charge in [-0.2, -0.15) is 0 Å². The van der Waals surface area contributed by atoms with Crippen LogP contribution in [0.1, 0.15) is 22.8 Å². The van der Waals surface area contributed by atoms with Crippen molar-refractivity contribution in [1.82, 2.24) is 9.88 Å². The first-order valence-electron chi connectivity index (χ1n) is 8.68. The zero-order valence-corrected chi connectivity index (χ0v) is 16.0. The van der Waals surface area contributed by atoms with Gasteiger partial charge in [-0.1, -0.05) is 41.9 Å². The molecule has 5 nitrogen and oxygen atoms in total. The minimum Gasteiger partial charge on any atom is -0.465 e. The number of benzene rings is 2. The lowest BCUT2D eigenvalue weighted by atomic mass is 10.1. The van der Waals surface area contributed by atoms with E-state index in [0.29, 0.717) is 17.0 Å². The van der Waals surface area contributed by atoms with E-state index in [1.165, 1.54) is 7.11 Å². The number of fused-ring (bicyclic) bond motifs is 1. The summed E-state index contributed by atoms with van der Waals surface area (Å²) in [4.78, 5) is 24.5. The molecule has 6 heteroatoms. The van der Waals surface area contributed by atoms with Gasteiger partial charge in [0.05, 0.1) is 12.7 Å². The number of para-hydroxylation sites is 1. The van der Waals surface area contributed by atoms with Gasteiger partial charge in [-0.05, 0) is 37.1 Å². The Hall–Kier alpha value is -2.79. The maximum absolute atomic E-state index is 12.5. The van der Waals surface area contributed by atoms with Crippen molar-refractivity contribution >= 4 is 34.4 Å². The molecule has 0 fully saturated rings. The second-order valence-corrected chi connectivity index (χ2v) is 6.92. The number of ether oxygens (including phenoxy) is 1. The molecule has 1 unspecified atom stereocenters. The molecule has 1 heterocycles. The summed E-state index contributed by atoms with van der Waals surface area (Å²) in [6, 6.07) is 15.0. The zero-order chi connectivity index (χ0) is 19.4. The van der Waals surface area contributed by atoms with Gasteiger partial charge in [0, 0.05) is 28.2 Å². The van der Waals surface area contributed by atoms with E-state index in [1.807, 2.05) is 55.5 Å². The lowest BCUT2D eigenvalue weighted by molar-refractivity contribution is -0.122. The van der Waals surface area contributed by atoms with Crippen molar-refractivity contribution in [1.29, 1.82) is 0 Å². The van der Waals surface area contributed by atoms with E-state index in [2.05, 4.69) is 5.32 Å². The van der Waals surface area contributed by atoms with Crippen molar-refractivity contribution in [3.05, 3.63) is 70.9 Å². The van der Waals surface area contributed by atoms with Gasteiger partial charge in [0.25, 0.3) is 0 Å². The molecule has 0 saturated carbocycles. The molecule has 27 heavy (non-hydrogen) atoms. The maximum atomic E-state index is 12.5. The van der Waals surface area contributed by atoms with E-state index >= 15 is 0 Å². The van der Waals surface area contributed by atoms with E-state index < -0.39 is 5.97 Å². The molecule has 1 atom stereocenters. The first-order valence-corrected chi connectivity index (χ1v) is 9.05. The summed E-state index contributed by atoms with van der Waals surface area (Å²) in [5.74, 6) is -0.540. The molecule has 3 aromatic rings. The number of amides is 1. The van der Waals surface area contributed by atoms with Crippen LogP contribution in [0, 0.1) is 0 Å². The number of carbonyl (C=O) groups excluding carboxylic acids is 2. The summed E-state index contributed by atoms with van der Waals surface area (Å²) in [6.07, 6.45) is 2.35. The summed E-state index contributed by atoms with van der Waals surface area (Å²) < 4.78 is 6.61. The van der Waals surface area contributed by atoms with Crippen LogP contribution in [-0.4, -0.2) is 29.6 Å². The summed E-state index contributed by atoms with van der Waals surface area (Å²) in [7, 11) is 1.35. The predicted molar refractivity (Wildman–Crippen MR) is 106 cm³/mol. The van der Waals surface area contributed by atoms with E-state index in [4.69, 9.17) is 16.3 Å². The smallest absolute Gasteiger partial charge is 0.340 e. The van der Waals surface area contributed by atoms with Crippen LogP contribution in [0.5, 0.6) is 0 Å². The van der Waals surface area contributed by atoms with Crippen LogP contribution in [0.2, 0.25) is 5.02 Å². The van der Waals surface area contributed by atoms with Gasteiger partial charge in [-0.3, -0.25) is 4.79 Å². The molecule has 0 bridgehead atoms. The van der Waals surface area contributed by atoms with E-state index in [0.717, 1.165) is 16.5 Å². The highest BCUT2D eigenvalue weighted by atomic mass is 35.5. The van der Waals surface area contributed by atoms with Crippen molar-refractivity contribution in [2.24, 2.45) is 0 Å². The van der Waals surface area contributed by atoms with Gasteiger partial charge in [0.1, 0.15) is 6.54 Å². The molecular formula is C21H21ClN2O3. The van der Waals surface area contributed by atoms with Crippen molar-refractivity contribution in [2.75, 3.05) is 7.11 Å². The molecular weight excluding hydrogens is 364 g/mol. The summed E-state index contributed by atoms with van der Waals surface area (Å²) >= 11 is 6.01. The number of nitrogens with zero attached hydrogens (tertiary/aromatic N) is 1. The number of methoxy groups -OCH3 is 1. The third kappa shape index (κ3) is 4.49. The second-order valence-electron chi connectivity index (χ2n) is 6.48. The van der Waals surface area contributed by atoms with Gasteiger partial charge in [-0.25, -0.2) is 4.79 Å². The maximum Gasteiger partial charge on any atom is 0.340 e. The highest BCUT2D eigenvalue weighted by Gasteiger charge is 2.17. The fourth-order valence-corrected chi connectivity index (χ4v) is 3.41. The standard InChI is InChI=1S/C21H21ClN2O3/c1-14(10-15-6-5-7-16(22)11-15)23-20(25)13-24-12-18(21(26)27-2)17-8-3-4-9-19(17)24/h3-9,11-12,14H,10,13H2,1-2H3,(H,23,25). The molecule has 0 aliphatic carbocycles. The quantitative estimate of drug-likeness (QED) is 0.657. The topological polar surface area (TPSA) is 60.3 Å². The molecule has 0 aliphatic rings. The fourth-order valence-electron chi connectivity index (χ4n) is 3.19. The fraction of sp³-hybridized carbons (Fsp3) is 0.238. The largest absolute Gasteiger partial charge is 0.465 e. The number of hydrogen-bond acceptors (Lipinski definition) is 3. The van der Waals surface area contributed by atoms with Crippen molar-refractivity contribution < 1.29 is 14.3 Å². The summed E-state index contributed by atoms with van der Waals surface area (Å²) in [5.41, 5.74) is 2.33. The molecule has 140 valence electrons.